The van der Waals surface area contributed by atoms with Gasteiger partial charge in [-0.1, -0.05) is 37.5 Å². The highest BCUT2D eigenvalue weighted by atomic mass is 16.1. The first-order valence-electron chi connectivity index (χ1n) is 10.7. The fourth-order valence-corrected chi connectivity index (χ4v) is 5.31. The molecule has 2 saturated carbocycles. The molecule has 0 atom stereocenters. The minimum atomic E-state index is 0.105. The minimum Gasteiger partial charge on any atom is -0.310 e. The van der Waals surface area contributed by atoms with Crippen LogP contribution in [0.3, 0.4) is 0 Å². The second-order valence-corrected chi connectivity index (χ2v) is 8.76. The van der Waals surface area contributed by atoms with Gasteiger partial charge in [0.15, 0.2) is 0 Å². The molecule has 2 aliphatic carbocycles. The molecule has 1 aromatic heterocycles. The lowest BCUT2D eigenvalue weighted by Gasteiger charge is -2.43. The van der Waals surface area contributed by atoms with Gasteiger partial charge >= 0.3 is 0 Å². The fraction of sp³-hybridized carbons (Fsp3) is 0.609. The summed E-state index contributed by atoms with van der Waals surface area (Å²) in [6, 6.07) is 10.5. The van der Waals surface area contributed by atoms with Crippen molar-refractivity contribution in [2.45, 2.75) is 77.3 Å². The zero-order chi connectivity index (χ0) is 18.9. The standard InChI is InChI=1S/C23H33N3O/c1-18-21(22(27)26(25(18)2)20-9-5-3-6-10-20)17-24-19-11-15-23(16-12-19)13-7-4-8-14-23/h3,5-6,9-10,19,24H,4,7-8,11-17H2,1-2H3. The Morgan fingerprint density at radius 2 is 1.70 bits per heavy atom. The Labute approximate surface area is 162 Å². The number of hydrogen-bond donors (Lipinski definition) is 1. The monoisotopic (exact) mass is 367 g/mol. The summed E-state index contributed by atoms with van der Waals surface area (Å²) in [5.74, 6) is 0. The van der Waals surface area contributed by atoms with E-state index in [0.29, 0.717) is 18.0 Å². The van der Waals surface area contributed by atoms with Crippen LogP contribution in [0.25, 0.3) is 5.69 Å². The molecule has 27 heavy (non-hydrogen) atoms. The molecular weight excluding hydrogens is 334 g/mol. The van der Waals surface area contributed by atoms with Crippen molar-refractivity contribution >= 4 is 0 Å². The van der Waals surface area contributed by atoms with Crippen LogP contribution in [0.1, 0.15) is 69.0 Å². The lowest BCUT2D eigenvalue weighted by molar-refractivity contribution is 0.107. The molecule has 146 valence electrons. The predicted octanol–water partition coefficient (Wildman–Crippen LogP) is 4.47. The number of para-hydroxylation sites is 1. The van der Waals surface area contributed by atoms with Crippen molar-refractivity contribution in [3.05, 3.63) is 51.9 Å². The van der Waals surface area contributed by atoms with Crippen LogP contribution in [0.4, 0.5) is 0 Å². The molecule has 0 bridgehead atoms. The second kappa shape index (κ2) is 7.67. The second-order valence-electron chi connectivity index (χ2n) is 8.76. The normalized spacial score (nSPS) is 20.2. The molecule has 1 N–H and O–H groups in total. The summed E-state index contributed by atoms with van der Waals surface area (Å²) in [5, 5.41) is 3.71. The molecule has 0 amide bonds. The van der Waals surface area contributed by atoms with Crippen LogP contribution in [0, 0.1) is 12.3 Å². The summed E-state index contributed by atoms with van der Waals surface area (Å²) in [7, 11) is 1.97. The third kappa shape index (κ3) is 3.64. The average Bonchev–Trinajstić information content (AvgIpc) is 2.91. The maximum absolute atomic E-state index is 13.0. The molecule has 0 aliphatic heterocycles. The van der Waals surface area contributed by atoms with E-state index >= 15 is 0 Å². The van der Waals surface area contributed by atoms with E-state index in [1.807, 2.05) is 42.1 Å². The molecule has 4 rings (SSSR count). The Morgan fingerprint density at radius 1 is 1.04 bits per heavy atom. The number of benzene rings is 1. The van der Waals surface area contributed by atoms with Crippen molar-refractivity contribution in [2.75, 3.05) is 0 Å². The Balaban J connectivity index is 1.43. The summed E-state index contributed by atoms with van der Waals surface area (Å²) in [4.78, 5) is 13.0. The van der Waals surface area contributed by atoms with Crippen LogP contribution in [-0.2, 0) is 13.6 Å². The average molecular weight is 368 g/mol. The smallest absolute Gasteiger partial charge is 0.276 e. The molecule has 0 saturated heterocycles. The maximum atomic E-state index is 13.0. The van der Waals surface area contributed by atoms with Crippen LogP contribution >= 0.6 is 0 Å². The quantitative estimate of drug-likeness (QED) is 0.866. The van der Waals surface area contributed by atoms with Crippen molar-refractivity contribution in [1.82, 2.24) is 14.7 Å². The van der Waals surface area contributed by atoms with Gasteiger partial charge in [0.05, 0.1) is 11.3 Å². The topological polar surface area (TPSA) is 39.0 Å². The summed E-state index contributed by atoms with van der Waals surface area (Å²) < 4.78 is 3.76. The van der Waals surface area contributed by atoms with Crippen LogP contribution in [0.2, 0.25) is 0 Å². The van der Waals surface area contributed by atoms with Crippen LogP contribution in [0.5, 0.6) is 0 Å². The number of nitrogens with one attached hydrogen (secondary N) is 1. The Morgan fingerprint density at radius 3 is 2.37 bits per heavy atom. The van der Waals surface area contributed by atoms with Gasteiger partial charge in [0.25, 0.3) is 5.56 Å². The molecule has 0 radical (unpaired) electrons. The van der Waals surface area contributed by atoms with E-state index in [2.05, 4.69) is 12.2 Å². The van der Waals surface area contributed by atoms with E-state index in [4.69, 9.17) is 0 Å². The Kier molecular flexibility index (Phi) is 5.27. The Bertz CT molecular complexity index is 817. The van der Waals surface area contributed by atoms with Crippen molar-refractivity contribution < 1.29 is 0 Å². The first-order chi connectivity index (χ1) is 13.1. The van der Waals surface area contributed by atoms with Crippen molar-refractivity contribution in [3.8, 4) is 5.69 Å². The molecule has 4 heteroatoms. The van der Waals surface area contributed by atoms with Gasteiger partial charge in [-0.25, -0.2) is 4.68 Å². The van der Waals surface area contributed by atoms with E-state index in [1.165, 1.54) is 57.8 Å². The molecule has 1 aromatic carbocycles. The zero-order valence-corrected chi connectivity index (χ0v) is 16.8. The van der Waals surface area contributed by atoms with Gasteiger partial charge in [-0.3, -0.25) is 9.48 Å². The Hall–Kier alpha value is -1.81. The minimum absolute atomic E-state index is 0.105. The van der Waals surface area contributed by atoms with E-state index in [1.54, 1.807) is 4.68 Å². The van der Waals surface area contributed by atoms with Gasteiger partial charge in [-0.2, -0.15) is 0 Å². The maximum Gasteiger partial charge on any atom is 0.276 e. The molecule has 4 nitrogen and oxygen atoms in total. The van der Waals surface area contributed by atoms with Gasteiger partial charge in [0.1, 0.15) is 0 Å². The zero-order valence-electron chi connectivity index (χ0n) is 16.8. The van der Waals surface area contributed by atoms with Gasteiger partial charge in [-0.05, 0) is 63.0 Å². The lowest BCUT2D eigenvalue weighted by atomic mass is 9.64. The van der Waals surface area contributed by atoms with Crippen LogP contribution in [-0.4, -0.2) is 15.4 Å². The molecule has 2 aliphatic rings. The first kappa shape index (κ1) is 18.5. The van der Waals surface area contributed by atoms with Gasteiger partial charge in [0.2, 0.25) is 0 Å². The molecule has 1 spiro atoms. The summed E-state index contributed by atoms with van der Waals surface area (Å²) in [6.07, 6.45) is 12.4. The lowest BCUT2D eigenvalue weighted by Crippen LogP contribution is -2.39. The third-order valence-electron chi connectivity index (χ3n) is 7.20. The van der Waals surface area contributed by atoms with Gasteiger partial charge in [-0.15, -0.1) is 0 Å². The number of nitrogens with zero attached hydrogens (tertiary/aromatic N) is 2. The highest BCUT2D eigenvalue weighted by molar-refractivity contribution is 5.33. The van der Waals surface area contributed by atoms with E-state index in [0.717, 1.165) is 16.9 Å². The van der Waals surface area contributed by atoms with Gasteiger partial charge in [0, 0.05) is 25.3 Å². The fourth-order valence-electron chi connectivity index (χ4n) is 5.31. The van der Waals surface area contributed by atoms with Crippen LogP contribution in [0.15, 0.2) is 35.1 Å². The molecular formula is C23H33N3O. The largest absolute Gasteiger partial charge is 0.310 e. The highest BCUT2D eigenvalue weighted by Crippen LogP contribution is 2.47. The predicted molar refractivity (Wildman–Crippen MR) is 110 cm³/mol. The summed E-state index contributed by atoms with van der Waals surface area (Å²) >= 11 is 0. The number of aromatic nitrogens is 2. The molecule has 0 unspecified atom stereocenters. The van der Waals surface area contributed by atoms with Crippen molar-refractivity contribution in [1.29, 1.82) is 0 Å². The SMILES string of the molecule is Cc1c(CNC2CCC3(CCCCC3)CC2)c(=O)n(-c2ccccc2)n1C. The van der Waals surface area contributed by atoms with Crippen molar-refractivity contribution in [3.63, 3.8) is 0 Å². The highest BCUT2D eigenvalue weighted by Gasteiger charge is 2.36. The van der Waals surface area contributed by atoms with E-state index < -0.39 is 0 Å². The summed E-state index contributed by atoms with van der Waals surface area (Å²) in [6.45, 7) is 2.73. The molecule has 1 heterocycles. The van der Waals surface area contributed by atoms with E-state index in [9.17, 15) is 4.79 Å². The summed E-state index contributed by atoms with van der Waals surface area (Å²) in [5.41, 5.74) is 3.64. The third-order valence-corrected chi connectivity index (χ3v) is 7.20. The first-order valence-corrected chi connectivity index (χ1v) is 10.7. The molecule has 2 fully saturated rings. The number of hydrogen-bond acceptors (Lipinski definition) is 2. The van der Waals surface area contributed by atoms with Gasteiger partial charge < -0.3 is 5.32 Å². The van der Waals surface area contributed by atoms with E-state index in [-0.39, 0.29) is 5.56 Å². The number of rotatable bonds is 4. The molecule has 2 aromatic rings. The van der Waals surface area contributed by atoms with Crippen LogP contribution < -0.4 is 10.9 Å². The van der Waals surface area contributed by atoms with Crippen molar-refractivity contribution in [2.24, 2.45) is 12.5 Å².